The lowest BCUT2D eigenvalue weighted by atomic mass is 10.00. The van der Waals surface area contributed by atoms with E-state index in [9.17, 15) is 4.79 Å². The Morgan fingerprint density at radius 2 is 2.04 bits per heavy atom. The van der Waals surface area contributed by atoms with E-state index in [0.29, 0.717) is 6.54 Å². The Balaban J connectivity index is 1.69. The molecule has 4 rings (SSSR count). The predicted octanol–water partition coefficient (Wildman–Crippen LogP) is 3.16. The Labute approximate surface area is 147 Å². The van der Waals surface area contributed by atoms with Gasteiger partial charge in [0.15, 0.2) is 0 Å². The summed E-state index contributed by atoms with van der Waals surface area (Å²) in [4.78, 5) is 19.6. The summed E-state index contributed by atoms with van der Waals surface area (Å²) < 4.78 is 2.04. The van der Waals surface area contributed by atoms with Crippen LogP contribution in [0.25, 0.3) is 11.0 Å². The Morgan fingerprint density at radius 3 is 2.88 bits per heavy atom. The number of para-hydroxylation sites is 2. The Kier molecular flexibility index (Phi) is 3.92. The monoisotopic (exact) mass is 334 g/mol. The Bertz CT molecular complexity index is 944. The van der Waals surface area contributed by atoms with Crippen LogP contribution in [0, 0.1) is 0 Å². The van der Waals surface area contributed by atoms with Crippen LogP contribution in [0.3, 0.4) is 0 Å². The van der Waals surface area contributed by atoms with Gasteiger partial charge >= 0.3 is 0 Å². The molecule has 2 N–H and O–H groups in total. The largest absolute Gasteiger partial charge is 0.398 e. The highest BCUT2D eigenvalue weighted by molar-refractivity contribution is 5.96. The third-order valence-corrected chi connectivity index (χ3v) is 4.93. The van der Waals surface area contributed by atoms with Crippen LogP contribution in [0.5, 0.6) is 0 Å². The van der Waals surface area contributed by atoms with Crippen molar-refractivity contribution in [3.63, 3.8) is 0 Å². The number of hydrogen-bond donors (Lipinski definition) is 1. The number of amides is 1. The lowest BCUT2D eigenvalue weighted by Crippen LogP contribution is -2.38. The van der Waals surface area contributed by atoms with Crippen molar-refractivity contribution in [2.24, 2.45) is 0 Å². The zero-order valence-electron chi connectivity index (χ0n) is 14.4. The summed E-state index contributed by atoms with van der Waals surface area (Å²) >= 11 is 0. The van der Waals surface area contributed by atoms with Crippen molar-refractivity contribution in [2.45, 2.75) is 32.7 Å². The number of aromatic nitrogens is 2. The van der Waals surface area contributed by atoms with Crippen molar-refractivity contribution in [1.29, 1.82) is 0 Å². The summed E-state index contributed by atoms with van der Waals surface area (Å²) in [5, 5.41) is 0. The van der Waals surface area contributed by atoms with E-state index in [2.05, 4.69) is 11.9 Å². The third kappa shape index (κ3) is 2.65. The third-order valence-electron chi connectivity index (χ3n) is 4.93. The molecule has 1 aliphatic heterocycles. The highest BCUT2D eigenvalue weighted by Crippen LogP contribution is 2.31. The summed E-state index contributed by atoms with van der Waals surface area (Å²) in [5.74, 6) is 1.03. The number of nitrogen functional groups attached to an aromatic ring is 1. The minimum atomic E-state index is 0.0874. The van der Waals surface area contributed by atoms with E-state index < -0.39 is 0 Å². The summed E-state index contributed by atoms with van der Waals surface area (Å²) in [6.07, 6.45) is 2.67. The number of hydrogen-bond acceptors (Lipinski definition) is 3. The van der Waals surface area contributed by atoms with Gasteiger partial charge in [-0.25, -0.2) is 4.98 Å². The fourth-order valence-electron chi connectivity index (χ4n) is 3.70. The van der Waals surface area contributed by atoms with Crippen molar-refractivity contribution in [1.82, 2.24) is 9.55 Å². The van der Waals surface area contributed by atoms with E-state index in [1.165, 1.54) is 0 Å². The number of carbonyl (C=O) groups excluding carboxylic acids is 1. The van der Waals surface area contributed by atoms with Crippen molar-refractivity contribution in [3.05, 3.63) is 53.9 Å². The van der Waals surface area contributed by atoms with Gasteiger partial charge in [0, 0.05) is 24.3 Å². The molecule has 2 aromatic carbocycles. The fourth-order valence-corrected chi connectivity index (χ4v) is 3.70. The van der Waals surface area contributed by atoms with Crippen LogP contribution < -0.4 is 10.6 Å². The normalized spacial score (nSPS) is 13.9. The van der Waals surface area contributed by atoms with Crippen molar-refractivity contribution in [3.8, 4) is 0 Å². The van der Waals surface area contributed by atoms with Gasteiger partial charge in [-0.3, -0.25) is 4.79 Å². The molecule has 25 heavy (non-hydrogen) atoms. The molecule has 0 atom stereocenters. The van der Waals surface area contributed by atoms with Crippen LogP contribution in [0.2, 0.25) is 0 Å². The van der Waals surface area contributed by atoms with Crippen molar-refractivity contribution >= 4 is 28.3 Å². The van der Waals surface area contributed by atoms with E-state index in [1.54, 1.807) is 0 Å². The second kappa shape index (κ2) is 6.24. The second-order valence-corrected chi connectivity index (χ2v) is 6.45. The molecule has 3 aromatic rings. The van der Waals surface area contributed by atoms with Gasteiger partial charge in [-0.2, -0.15) is 0 Å². The average Bonchev–Trinajstić information content (AvgIpc) is 2.99. The first-order valence-corrected chi connectivity index (χ1v) is 8.81. The van der Waals surface area contributed by atoms with E-state index in [1.807, 2.05) is 51.9 Å². The molecule has 0 bridgehead atoms. The molecule has 0 fully saturated rings. The van der Waals surface area contributed by atoms with Gasteiger partial charge in [0.25, 0.3) is 0 Å². The minimum Gasteiger partial charge on any atom is -0.398 e. The molecule has 1 aliphatic rings. The molecule has 1 aromatic heterocycles. The summed E-state index contributed by atoms with van der Waals surface area (Å²) in [6, 6.07) is 13.8. The second-order valence-electron chi connectivity index (χ2n) is 6.45. The number of nitrogens with zero attached hydrogens (tertiary/aromatic N) is 3. The van der Waals surface area contributed by atoms with Gasteiger partial charge in [0.2, 0.25) is 5.91 Å². The Morgan fingerprint density at radius 1 is 1.20 bits per heavy atom. The molecule has 5 nitrogen and oxygen atoms in total. The maximum absolute atomic E-state index is 13.1. The number of anilines is 2. The SMILES string of the molecule is CCc1nc2ccccc2n1CC(=O)N1CCCc2c(N)cccc21. The van der Waals surface area contributed by atoms with Gasteiger partial charge in [-0.05, 0) is 42.7 Å². The first-order chi connectivity index (χ1) is 12.2. The molecule has 0 aliphatic carbocycles. The number of rotatable bonds is 3. The zero-order chi connectivity index (χ0) is 17.4. The van der Waals surface area contributed by atoms with Crippen LogP contribution in [0.15, 0.2) is 42.5 Å². The molecule has 0 unspecified atom stereocenters. The van der Waals surface area contributed by atoms with Gasteiger partial charge in [-0.1, -0.05) is 25.1 Å². The molecule has 2 heterocycles. The van der Waals surface area contributed by atoms with Crippen molar-refractivity contribution < 1.29 is 4.79 Å². The molecule has 0 saturated carbocycles. The highest BCUT2D eigenvalue weighted by atomic mass is 16.2. The number of fused-ring (bicyclic) bond motifs is 2. The topological polar surface area (TPSA) is 64.2 Å². The molecular weight excluding hydrogens is 312 g/mol. The number of aryl methyl sites for hydroxylation is 1. The molecule has 0 spiro atoms. The predicted molar refractivity (Wildman–Crippen MR) is 101 cm³/mol. The highest BCUT2D eigenvalue weighted by Gasteiger charge is 2.24. The van der Waals surface area contributed by atoms with Crippen LogP contribution in [0.1, 0.15) is 24.7 Å². The lowest BCUT2D eigenvalue weighted by Gasteiger charge is -2.30. The number of imidazole rings is 1. The summed E-state index contributed by atoms with van der Waals surface area (Å²) in [5.41, 5.74) is 10.9. The molecule has 5 heteroatoms. The Hall–Kier alpha value is -2.82. The molecule has 0 saturated heterocycles. The van der Waals surface area contributed by atoms with Gasteiger partial charge < -0.3 is 15.2 Å². The van der Waals surface area contributed by atoms with Gasteiger partial charge in [0.05, 0.1) is 11.0 Å². The van der Waals surface area contributed by atoms with Crippen LogP contribution in [-0.2, 0) is 24.2 Å². The molecular formula is C20H22N4O. The zero-order valence-corrected chi connectivity index (χ0v) is 14.4. The fraction of sp³-hybridized carbons (Fsp3) is 0.300. The molecule has 1 amide bonds. The van der Waals surface area contributed by atoms with Gasteiger partial charge in [0.1, 0.15) is 12.4 Å². The van der Waals surface area contributed by atoms with Crippen LogP contribution in [-0.4, -0.2) is 22.0 Å². The standard InChI is InChI=1S/C20H22N4O/c1-2-19-22-16-9-3-4-10-18(16)24(19)13-20(25)23-12-6-7-14-15(21)8-5-11-17(14)23/h3-5,8-11H,2,6-7,12-13,21H2,1H3. The number of carbonyl (C=O) groups is 1. The quantitative estimate of drug-likeness (QED) is 0.748. The maximum Gasteiger partial charge on any atom is 0.246 e. The summed E-state index contributed by atoms with van der Waals surface area (Å²) in [7, 11) is 0. The van der Waals surface area contributed by atoms with E-state index in [0.717, 1.165) is 59.6 Å². The minimum absolute atomic E-state index is 0.0874. The number of benzene rings is 2. The summed E-state index contributed by atoms with van der Waals surface area (Å²) in [6.45, 7) is 3.11. The van der Waals surface area contributed by atoms with E-state index in [4.69, 9.17) is 5.73 Å². The van der Waals surface area contributed by atoms with E-state index >= 15 is 0 Å². The molecule has 0 radical (unpaired) electrons. The first-order valence-electron chi connectivity index (χ1n) is 8.81. The van der Waals surface area contributed by atoms with Crippen LogP contribution >= 0.6 is 0 Å². The first kappa shape index (κ1) is 15.7. The van der Waals surface area contributed by atoms with Crippen LogP contribution in [0.4, 0.5) is 11.4 Å². The average molecular weight is 334 g/mol. The maximum atomic E-state index is 13.1. The molecule has 128 valence electrons. The van der Waals surface area contributed by atoms with Gasteiger partial charge in [-0.15, -0.1) is 0 Å². The van der Waals surface area contributed by atoms with E-state index in [-0.39, 0.29) is 5.91 Å². The van der Waals surface area contributed by atoms with Crippen molar-refractivity contribution in [2.75, 3.05) is 17.2 Å². The number of nitrogens with two attached hydrogens (primary N) is 1. The lowest BCUT2D eigenvalue weighted by molar-refractivity contribution is -0.119. The smallest absolute Gasteiger partial charge is 0.246 e.